The van der Waals surface area contributed by atoms with Gasteiger partial charge in [-0.3, -0.25) is 4.90 Å². The fraction of sp³-hybridized carbons (Fsp3) is 0.500. The first-order chi connectivity index (χ1) is 7.25. The van der Waals surface area contributed by atoms with Crippen LogP contribution in [0.3, 0.4) is 0 Å². The van der Waals surface area contributed by atoms with Gasteiger partial charge in [0.1, 0.15) is 0 Å². The molecule has 0 fully saturated rings. The summed E-state index contributed by atoms with van der Waals surface area (Å²) in [6.45, 7) is 8.89. The zero-order chi connectivity index (χ0) is 11.1. The topological polar surface area (TPSA) is 15.3 Å². The van der Waals surface area contributed by atoms with E-state index in [-0.39, 0.29) is 0 Å². The van der Waals surface area contributed by atoms with Gasteiger partial charge >= 0.3 is 0 Å². The van der Waals surface area contributed by atoms with Gasteiger partial charge in [-0.2, -0.15) is 0 Å². The number of nitrogens with one attached hydrogen (secondary N) is 1. The van der Waals surface area contributed by atoms with E-state index in [1.54, 1.807) is 0 Å². The van der Waals surface area contributed by atoms with Crippen molar-refractivity contribution in [3.63, 3.8) is 0 Å². The summed E-state index contributed by atoms with van der Waals surface area (Å²) in [4.78, 5) is 3.79. The van der Waals surface area contributed by atoms with Crippen LogP contribution in [-0.4, -0.2) is 31.6 Å². The molecule has 1 atom stereocenters. The number of thiophene rings is 1. The summed E-state index contributed by atoms with van der Waals surface area (Å²) in [5, 5.41) is 5.44. The van der Waals surface area contributed by atoms with Gasteiger partial charge in [-0.15, -0.1) is 17.9 Å². The van der Waals surface area contributed by atoms with Crippen molar-refractivity contribution in [2.45, 2.75) is 13.0 Å². The number of likely N-dealkylation sites (N-methyl/N-ethyl adjacent to an activating group) is 1. The Balaban J connectivity index is 2.27. The van der Waals surface area contributed by atoms with Crippen LogP contribution >= 0.6 is 11.3 Å². The Labute approximate surface area is 96.6 Å². The zero-order valence-electron chi connectivity index (χ0n) is 9.57. The highest BCUT2D eigenvalue weighted by molar-refractivity contribution is 7.10. The largest absolute Gasteiger partial charge is 0.312 e. The van der Waals surface area contributed by atoms with Crippen LogP contribution in [0.4, 0.5) is 0 Å². The third-order valence-corrected chi connectivity index (χ3v) is 3.59. The molecule has 1 heterocycles. The Morgan fingerprint density at radius 2 is 2.47 bits per heavy atom. The molecule has 1 aromatic heterocycles. The van der Waals surface area contributed by atoms with Crippen LogP contribution in [0.5, 0.6) is 0 Å². The average molecular weight is 224 g/mol. The fourth-order valence-corrected chi connectivity index (χ4v) is 2.25. The van der Waals surface area contributed by atoms with Crippen LogP contribution in [0.2, 0.25) is 0 Å². The van der Waals surface area contributed by atoms with Crippen molar-refractivity contribution in [2.24, 2.45) is 0 Å². The van der Waals surface area contributed by atoms with E-state index >= 15 is 0 Å². The first-order valence-corrected chi connectivity index (χ1v) is 6.19. The van der Waals surface area contributed by atoms with Crippen molar-refractivity contribution >= 4 is 11.3 Å². The van der Waals surface area contributed by atoms with Crippen molar-refractivity contribution in [1.29, 1.82) is 0 Å². The normalized spacial score (nSPS) is 13.0. The number of nitrogens with zero attached hydrogens (tertiary/aromatic N) is 1. The van der Waals surface area contributed by atoms with Crippen molar-refractivity contribution in [3.8, 4) is 0 Å². The van der Waals surface area contributed by atoms with Gasteiger partial charge in [0.15, 0.2) is 0 Å². The third kappa shape index (κ3) is 4.16. The van der Waals surface area contributed by atoms with E-state index in [4.69, 9.17) is 0 Å². The molecule has 84 valence electrons. The predicted octanol–water partition coefficient (Wildman–Crippen LogP) is 2.52. The zero-order valence-corrected chi connectivity index (χ0v) is 10.4. The maximum atomic E-state index is 3.68. The Bertz CT molecular complexity index is 269. The van der Waals surface area contributed by atoms with E-state index in [1.165, 1.54) is 4.88 Å². The van der Waals surface area contributed by atoms with Crippen LogP contribution in [-0.2, 0) is 0 Å². The predicted molar refractivity (Wildman–Crippen MR) is 68.4 cm³/mol. The van der Waals surface area contributed by atoms with Gasteiger partial charge in [0, 0.05) is 30.6 Å². The molecule has 1 aromatic rings. The Hall–Kier alpha value is -0.640. The third-order valence-electron chi connectivity index (χ3n) is 2.55. The molecule has 0 aromatic carbocycles. The van der Waals surface area contributed by atoms with E-state index in [0.29, 0.717) is 6.04 Å². The maximum absolute atomic E-state index is 3.68. The summed E-state index contributed by atoms with van der Waals surface area (Å²) in [7, 11) is 2.17. The van der Waals surface area contributed by atoms with Crippen LogP contribution in [0.15, 0.2) is 30.2 Å². The van der Waals surface area contributed by atoms with Gasteiger partial charge in [0.05, 0.1) is 0 Å². The fourth-order valence-electron chi connectivity index (χ4n) is 1.40. The smallest absolute Gasteiger partial charge is 0.0410 e. The van der Waals surface area contributed by atoms with Gasteiger partial charge in [-0.05, 0) is 25.4 Å². The Kier molecular flexibility index (Phi) is 5.61. The lowest BCUT2D eigenvalue weighted by molar-refractivity contribution is 0.266. The summed E-state index contributed by atoms with van der Waals surface area (Å²) in [6, 6.07) is 4.82. The minimum absolute atomic E-state index is 0.510. The molecule has 0 aliphatic carbocycles. The van der Waals surface area contributed by atoms with Crippen molar-refractivity contribution in [3.05, 3.63) is 35.0 Å². The molecule has 0 saturated heterocycles. The Morgan fingerprint density at radius 1 is 1.67 bits per heavy atom. The summed E-state index contributed by atoms with van der Waals surface area (Å²) in [5.74, 6) is 0. The molecule has 0 spiro atoms. The standard InChI is InChI=1S/C12H20N2S/c1-4-7-13-8-9-14(3)11(2)12-6-5-10-15-12/h4-6,10-11,13H,1,7-9H2,2-3H3. The summed E-state index contributed by atoms with van der Waals surface area (Å²) >= 11 is 1.82. The lowest BCUT2D eigenvalue weighted by Gasteiger charge is -2.23. The van der Waals surface area contributed by atoms with E-state index < -0.39 is 0 Å². The molecule has 1 rings (SSSR count). The average Bonchev–Trinajstić information content (AvgIpc) is 2.76. The summed E-state index contributed by atoms with van der Waals surface area (Å²) < 4.78 is 0. The second-order valence-electron chi connectivity index (χ2n) is 3.66. The van der Waals surface area contributed by atoms with Gasteiger partial charge in [-0.1, -0.05) is 12.1 Å². The second kappa shape index (κ2) is 6.77. The van der Waals surface area contributed by atoms with Crippen LogP contribution in [0.1, 0.15) is 17.8 Å². The summed E-state index contributed by atoms with van der Waals surface area (Å²) in [5.41, 5.74) is 0. The second-order valence-corrected chi connectivity index (χ2v) is 4.64. The molecule has 0 aliphatic heterocycles. The quantitative estimate of drug-likeness (QED) is 0.565. The van der Waals surface area contributed by atoms with E-state index in [9.17, 15) is 0 Å². The van der Waals surface area contributed by atoms with Gasteiger partial charge in [-0.25, -0.2) is 0 Å². The van der Waals surface area contributed by atoms with Gasteiger partial charge in [0.25, 0.3) is 0 Å². The monoisotopic (exact) mass is 224 g/mol. The number of rotatable bonds is 7. The first-order valence-electron chi connectivity index (χ1n) is 5.31. The highest BCUT2D eigenvalue weighted by atomic mass is 32.1. The molecule has 0 aliphatic rings. The maximum Gasteiger partial charge on any atom is 0.0410 e. The number of hydrogen-bond acceptors (Lipinski definition) is 3. The molecule has 1 N–H and O–H groups in total. The highest BCUT2D eigenvalue weighted by Gasteiger charge is 2.11. The highest BCUT2D eigenvalue weighted by Crippen LogP contribution is 2.22. The van der Waals surface area contributed by atoms with Crippen molar-refractivity contribution in [1.82, 2.24) is 10.2 Å². The minimum atomic E-state index is 0.510. The molecule has 0 bridgehead atoms. The number of hydrogen-bond donors (Lipinski definition) is 1. The molecule has 2 nitrogen and oxygen atoms in total. The molecular weight excluding hydrogens is 204 g/mol. The summed E-state index contributed by atoms with van der Waals surface area (Å²) in [6.07, 6.45) is 1.89. The van der Waals surface area contributed by atoms with Crippen LogP contribution < -0.4 is 5.32 Å². The van der Waals surface area contributed by atoms with Crippen LogP contribution in [0, 0.1) is 0 Å². The molecule has 1 unspecified atom stereocenters. The molecule has 0 radical (unpaired) electrons. The minimum Gasteiger partial charge on any atom is -0.312 e. The molecule has 15 heavy (non-hydrogen) atoms. The Morgan fingerprint density at radius 3 is 3.07 bits per heavy atom. The molecule has 0 saturated carbocycles. The SMILES string of the molecule is C=CCNCCN(C)C(C)c1cccs1. The molecule has 3 heteroatoms. The van der Waals surface area contributed by atoms with Gasteiger partial charge in [0.2, 0.25) is 0 Å². The first kappa shape index (κ1) is 12.4. The van der Waals surface area contributed by atoms with Gasteiger partial charge < -0.3 is 5.32 Å². The van der Waals surface area contributed by atoms with Crippen LogP contribution in [0.25, 0.3) is 0 Å². The van der Waals surface area contributed by atoms with E-state index in [0.717, 1.165) is 19.6 Å². The van der Waals surface area contributed by atoms with E-state index in [2.05, 4.69) is 48.3 Å². The molecule has 0 amide bonds. The van der Waals surface area contributed by atoms with Crippen molar-refractivity contribution in [2.75, 3.05) is 26.7 Å². The molecular formula is C12H20N2S. The lowest BCUT2D eigenvalue weighted by Crippen LogP contribution is -2.30. The lowest BCUT2D eigenvalue weighted by atomic mass is 10.2. The van der Waals surface area contributed by atoms with Crippen molar-refractivity contribution < 1.29 is 0 Å². The van der Waals surface area contributed by atoms with E-state index in [1.807, 2.05) is 17.4 Å².